The molecule has 0 saturated carbocycles. The molecule has 0 aliphatic rings. The fraction of sp³-hybridized carbons (Fsp3) is 0.455. The Hall–Kier alpha value is -1.23. The van der Waals surface area contributed by atoms with E-state index >= 15 is 0 Å². The minimum absolute atomic E-state index is 0.00352. The van der Waals surface area contributed by atoms with Crippen LogP contribution in [0.5, 0.6) is 0 Å². The van der Waals surface area contributed by atoms with Crippen LogP contribution in [0.25, 0.3) is 0 Å². The Labute approximate surface area is 98.4 Å². The highest BCUT2D eigenvalue weighted by molar-refractivity contribution is 7.98. The molecule has 0 spiro atoms. The van der Waals surface area contributed by atoms with E-state index in [4.69, 9.17) is 0 Å². The molecule has 1 rings (SSSR count). The Balaban J connectivity index is 3.25. The van der Waals surface area contributed by atoms with E-state index in [0.717, 1.165) is 6.42 Å². The first-order valence-electron chi connectivity index (χ1n) is 5.04. The van der Waals surface area contributed by atoms with Crippen molar-refractivity contribution in [2.24, 2.45) is 0 Å². The lowest BCUT2D eigenvalue weighted by Crippen LogP contribution is -2.23. The van der Waals surface area contributed by atoms with E-state index in [0.29, 0.717) is 22.6 Å². The predicted octanol–water partition coefficient (Wildman–Crippen LogP) is 1.39. The highest BCUT2D eigenvalue weighted by Gasteiger charge is 2.19. The smallest absolute Gasteiger partial charge is 0.165 e. The summed E-state index contributed by atoms with van der Waals surface area (Å²) in [5.74, 6) is -1.29. The van der Waals surface area contributed by atoms with Gasteiger partial charge in [0.05, 0.1) is 22.3 Å². The molecule has 88 valence electrons. The maximum Gasteiger partial charge on any atom is 0.165 e. The summed E-state index contributed by atoms with van der Waals surface area (Å²) < 4.78 is 0. The maximum absolute atomic E-state index is 11.8. The molecule has 5 heteroatoms. The van der Waals surface area contributed by atoms with E-state index in [2.05, 4.69) is 4.98 Å². The summed E-state index contributed by atoms with van der Waals surface area (Å²) in [4.78, 5) is 25.4. The van der Waals surface area contributed by atoms with Crippen LogP contribution in [0.1, 0.15) is 46.2 Å². The number of hydrogen-bond donors (Lipinski definition) is 1. The van der Waals surface area contributed by atoms with Crippen LogP contribution in [0.4, 0.5) is 0 Å². The van der Waals surface area contributed by atoms with Gasteiger partial charge in [-0.1, -0.05) is 6.92 Å². The van der Waals surface area contributed by atoms with Gasteiger partial charge in [0.25, 0.3) is 0 Å². The monoisotopic (exact) mass is 240 g/mol. The molecule has 0 saturated heterocycles. The molecule has 0 unspecified atom stereocenters. The van der Waals surface area contributed by atoms with Gasteiger partial charge in [-0.05, 0) is 25.2 Å². The number of carboxylic acid groups (broad SMARTS) is 1. The van der Waals surface area contributed by atoms with Gasteiger partial charge < -0.3 is 14.9 Å². The number of aromatic nitrogens is 1. The van der Waals surface area contributed by atoms with Crippen LogP contribution < -0.4 is 5.11 Å². The summed E-state index contributed by atoms with van der Waals surface area (Å²) in [6.07, 6.45) is 2.98. The van der Waals surface area contributed by atoms with Crippen LogP contribution in [-0.2, 0) is 0 Å². The van der Waals surface area contributed by atoms with E-state index in [1.165, 1.54) is 11.8 Å². The summed E-state index contributed by atoms with van der Waals surface area (Å²) in [7, 11) is 0. The van der Waals surface area contributed by atoms with Gasteiger partial charge in [-0.3, -0.25) is 4.79 Å². The van der Waals surface area contributed by atoms with E-state index < -0.39 is 5.97 Å². The Morgan fingerprint density at radius 3 is 2.50 bits per heavy atom. The van der Waals surface area contributed by atoms with E-state index in [1.807, 2.05) is 6.92 Å². The van der Waals surface area contributed by atoms with Crippen molar-refractivity contribution in [3.8, 4) is 0 Å². The molecule has 0 aliphatic heterocycles. The van der Waals surface area contributed by atoms with Gasteiger partial charge in [-0.25, -0.2) is 0 Å². The van der Waals surface area contributed by atoms with Gasteiger partial charge >= 0.3 is 0 Å². The molecular formula is C11H14NO3S-. The normalized spacial score (nSPS) is 10.4. The van der Waals surface area contributed by atoms with Crippen molar-refractivity contribution in [3.05, 3.63) is 16.8 Å². The number of Topliss-reactive ketones (excluding diaryl/α,β-unsaturated/α-hetero) is 1. The van der Waals surface area contributed by atoms with Crippen LogP contribution in [0.3, 0.4) is 0 Å². The van der Waals surface area contributed by atoms with Crippen molar-refractivity contribution in [3.63, 3.8) is 0 Å². The third-order valence-corrected chi connectivity index (χ3v) is 3.09. The van der Waals surface area contributed by atoms with Crippen molar-refractivity contribution in [2.75, 3.05) is 6.26 Å². The van der Waals surface area contributed by atoms with Crippen LogP contribution in [0, 0.1) is 6.92 Å². The van der Waals surface area contributed by atoms with Crippen LogP contribution in [0.15, 0.2) is 5.03 Å². The summed E-state index contributed by atoms with van der Waals surface area (Å²) in [5, 5.41) is 11.4. The van der Waals surface area contributed by atoms with Crippen LogP contribution in [-0.4, -0.2) is 23.0 Å². The highest BCUT2D eigenvalue weighted by Crippen LogP contribution is 2.26. The lowest BCUT2D eigenvalue weighted by molar-refractivity contribution is -0.255. The molecule has 1 aromatic rings. The van der Waals surface area contributed by atoms with E-state index in [1.54, 1.807) is 13.2 Å². The first kappa shape index (κ1) is 12.8. The number of H-pyrrole nitrogens is 1. The molecule has 1 aromatic heterocycles. The Morgan fingerprint density at radius 2 is 2.06 bits per heavy atom. The molecule has 0 fully saturated rings. The second-order valence-electron chi connectivity index (χ2n) is 3.49. The van der Waals surface area contributed by atoms with E-state index in [-0.39, 0.29) is 11.5 Å². The first-order chi connectivity index (χ1) is 7.52. The molecule has 0 radical (unpaired) electrons. The number of rotatable bonds is 5. The number of carboxylic acids is 1. The summed E-state index contributed by atoms with van der Waals surface area (Å²) in [6.45, 7) is 3.54. The lowest BCUT2D eigenvalue weighted by Gasteiger charge is -2.02. The molecule has 0 bridgehead atoms. The molecule has 0 aromatic carbocycles. The number of aromatic carboxylic acids is 1. The van der Waals surface area contributed by atoms with Gasteiger partial charge in [0.2, 0.25) is 0 Å². The minimum atomic E-state index is -1.27. The van der Waals surface area contributed by atoms with Crippen molar-refractivity contribution in [2.45, 2.75) is 31.7 Å². The summed E-state index contributed by atoms with van der Waals surface area (Å²) in [5.41, 5.74) is 0.972. The number of ketones is 1. The lowest BCUT2D eigenvalue weighted by atomic mass is 10.1. The SMILES string of the molecule is CCCC(=O)c1c(SC)[nH]c(C(=O)[O-])c1C. The highest BCUT2D eigenvalue weighted by atomic mass is 32.2. The average molecular weight is 240 g/mol. The van der Waals surface area contributed by atoms with Crippen LogP contribution in [0.2, 0.25) is 0 Å². The molecule has 0 amide bonds. The standard InChI is InChI=1S/C11H15NO3S/c1-4-5-7(13)8-6(2)9(11(14)15)12-10(8)16-3/h12H,4-5H2,1-3H3,(H,14,15)/p-1. The van der Waals surface area contributed by atoms with Crippen LogP contribution >= 0.6 is 11.8 Å². The number of carbonyl (C=O) groups excluding carboxylic acids is 2. The summed E-state index contributed by atoms with van der Waals surface area (Å²) >= 11 is 1.33. The topological polar surface area (TPSA) is 73.0 Å². The van der Waals surface area contributed by atoms with Gasteiger partial charge in [0.15, 0.2) is 5.78 Å². The second kappa shape index (κ2) is 5.21. The number of nitrogens with one attached hydrogen (secondary N) is 1. The third-order valence-electron chi connectivity index (χ3n) is 2.38. The van der Waals surface area contributed by atoms with Gasteiger partial charge in [0.1, 0.15) is 0 Å². The fourth-order valence-electron chi connectivity index (χ4n) is 1.61. The number of aromatic amines is 1. The molecule has 4 nitrogen and oxygen atoms in total. The zero-order chi connectivity index (χ0) is 12.3. The minimum Gasteiger partial charge on any atom is -0.543 e. The quantitative estimate of drug-likeness (QED) is 0.623. The number of carbonyl (C=O) groups is 2. The molecular weight excluding hydrogens is 226 g/mol. The van der Waals surface area contributed by atoms with Crippen molar-refractivity contribution < 1.29 is 14.7 Å². The first-order valence-corrected chi connectivity index (χ1v) is 6.26. The van der Waals surface area contributed by atoms with Gasteiger partial charge in [-0.15, -0.1) is 11.8 Å². The Morgan fingerprint density at radius 1 is 1.44 bits per heavy atom. The number of hydrogen-bond acceptors (Lipinski definition) is 4. The Bertz CT molecular complexity index is 423. The number of thioether (sulfide) groups is 1. The molecule has 0 atom stereocenters. The zero-order valence-electron chi connectivity index (χ0n) is 9.55. The molecule has 1 heterocycles. The van der Waals surface area contributed by atoms with Gasteiger partial charge in [0, 0.05) is 6.42 Å². The predicted molar refractivity (Wildman–Crippen MR) is 60.9 cm³/mol. The second-order valence-corrected chi connectivity index (χ2v) is 4.31. The zero-order valence-corrected chi connectivity index (χ0v) is 10.4. The third kappa shape index (κ3) is 2.29. The Kier molecular flexibility index (Phi) is 4.18. The van der Waals surface area contributed by atoms with Crippen molar-refractivity contribution in [1.29, 1.82) is 0 Å². The maximum atomic E-state index is 11.8. The molecule has 16 heavy (non-hydrogen) atoms. The largest absolute Gasteiger partial charge is 0.543 e. The van der Waals surface area contributed by atoms with Crippen molar-refractivity contribution in [1.82, 2.24) is 4.98 Å². The van der Waals surface area contributed by atoms with Gasteiger partial charge in [-0.2, -0.15) is 0 Å². The fourth-order valence-corrected chi connectivity index (χ4v) is 2.29. The summed E-state index contributed by atoms with van der Waals surface area (Å²) in [6, 6.07) is 0. The molecule has 0 aliphatic carbocycles. The van der Waals surface area contributed by atoms with E-state index in [9.17, 15) is 14.7 Å². The molecule has 1 N–H and O–H groups in total. The van der Waals surface area contributed by atoms with Crippen molar-refractivity contribution >= 4 is 23.5 Å². The average Bonchev–Trinajstić information content (AvgIpc) is 2.55.